The molecule has 0 saturated carbocycles. The highest BCUT2D eigenvalue weighted by molar-refractivity contribution is 5.68. The third kappa shape index (κ3) is 4.82. The Balaban J connectivity index is 1.71. The van der Waals surface area contributed by atoms with Crippen LogP contribution in [0.4, 0.5) is 18.0 Å². The van der Waals surface area contributed by atoms with Crippen molar-refractivity contribution in [3.8, 4) is 0 Å². The second kappa shape index (κ2) is 8.62. The molecule has 1 amide bonds. The van der Waals surface area contributed by atoms with Crippen LogP contribution in [-0.4, -0.2) is 18.2 Å². The molecule has 8 heteroatoms. The molecular formula is C20H22F3N3O2. The van der Waals surface area contributed by atoms with E-state index in [1.54, 1.807) is 6.07 Å². The predicted molar refractivity (Wildman–Crippen MR) is 98.1 cm³/mol. The maximum atomic E-state index is 13.0. The lowest BCUT2D eigenvalue weighted by Gasteiger charge is -2.24. The normalized spacial score (nSPS) is 22.1. The largest absolute Gasteiger partial charge is 0.445 e. The van der Waals surface area contributed by atoms with E-state index in [-0.39, 0.29) is 12.6 Å². The Hall–Kier alpha value is -2.58. The monoisotopic (exact) mass is 393 g/mol. The zero-order valence-electron chi connectivity index (χ0n) is 15.3. The Morgan fingerprint density at radius 2 is 1.86 bits per heavy atom. The van der Waals surface area contributed by atoms with Gasteiger partial charge in [0.2, 0.25) is 0 Å². The van der Waals surface area contributed by atoms with Crippen molar-refractivity contribution in [2.24, 2.45) is 0 Å². The summed E-state index contributed by atoms with van der Waals surface area (Å²) >= 11 is 0. The van der Waals surface area contributed by atoms with Gasteiger partial charge in [-0.25, -0.2) is 10.2 Å². The second-order valence-electron chi connectivity index (χ2n) is 6.64. The van der Waals surface area contributed by atoms with E-state index in [9.17, 15) is 18.0 Å². The number of rotatable bonds is 5. The van der Waals surface area contributed by atoms with Gasteiger partial charge in [-0.3, -0.25) is 5.43 Å². The molecule has 1 heterocycles. The van der Waals surface area contributed by atoms with Crippen LogP contribution in [-0.2, 0) is 17.5 Å². The van der Waals surface area contributed by atoms with Gasteiger partial charge in [0.1, 0.15) is 6.61 Å². The van der Waals surface area contributed by atoms with Crippen molar-refractivity contribution >= 4 is 6.09 Å². The molecule has 1 saturated heterocycles. The van der Waals surface area contributed by atoms with Crippen LogP contribution < -0.4 is 16.2 Å². The maximum absolute atomic E-state index is 13.0. The van der Waals surface area contributed by atoms with Gasteiger partial charge in [0.25, 0.3) is 0 Å². The number of alkyl carbamates (subject to hydrolysis) is 1. The molecule has 5 nitrogen and oxygen atoms in total. The van der Waals surface area contributed by atoms with Crippen LogP contribution in [0, 0.1) is 0 Å². The molecule has 2 aromatic carbocycles. The summed E-state index contributed by atoms with van der Waals surface area (Å²) in [5, 5.41) is 2.79. The third-order valence-corrected chi connectivity index (χ3v) is 4.73. The van der Waals surface area contributed by atoms with Crippen LogP contribution in [0.5, 0.6) is 0 Å². The number of halogens is 3. The van der Waals surface area contributed by atoms with Gasteiger partial charge in [0.15, 0.2) is 0 Å². The average molecular weight is 393 g/mol. The molecule has 1 aliphatic heterocycles. The number of hydrazine groups is 1. The Morgan fingerprint density at radius 1 is 1.11 bits per heavy atom. The van der Waals surface area contributed by atoms with E-state index in [1.165, 1.54) is 6.07 Å². The van der Waals surface area contributed by atoms with Crippen molar-refractivity contribution in [3.05, 3.63) is 71.3 Å². The fraction of sp³-hybridized carbons (Fsp3) is 0.350. The zero-order chi connectivity index (χ0) is 20.1. The Morgan fingerprint density at radius 3 is 2.54 bits per heavy atom. The van der Waals surface area contributed by atoms with E-state index < -0.39 is 29.9 Å². The number of carbonyl (C=O) groups is 1. The number of hydrogen-bond donors (Lipinski definition) is 3. The number of benzene rings is 2. The smallest absolute Gasteiger partial charge is 0.416 e. The van der Waals surface area contributed by atoms with Gasteiger partial charge in [0, 0.05) is 6.04 Å². The summed E-state index contributed by atoms with van der Waals surface area (Å²) < 4.78 is 44.4. The molecule has 1 fully saturated rings. The fourth-order valence-electron chi connectivity index (χ4n) is 3.25. The van der Waals surface area contributed by atoms with E-state index in [1.807, 2.05) is 37.3 Å². The highest BCUT2D eigenvalue weighted by Gasteiger charge is 2.38. The van der Waals surface area contributed by atoms with Crippen molar-refractivity contribution in [1.82, 2.24) is 16.2 Å². The van der Waals surface area contributed by atoms with Gasteiger partial charge in [0.05, 0.1) is 17.6 Å². The molecule has 3 atom stereocenters. The van der Waals surface area contributed by atoms with E-state index in [0.29, 0.717) is 12.0 Å². The van der Waals surface area contributed by atoms with Crippen LogP contribution in [0.3, 0.4) is 0 Å². The molecule has 3 rings (SSSR count). The summed E-state index contributed by atoms with van der Waals surface area (Å²) in [6.45, 7) is 2.04. The molecule has 2 aromatic rings. The van der Waals surface area contributed by atoms with Crippen molar-refractivity contribution in [3.63, 3.8) is 0 Å². The Labute approximate surface area is 161 Å². The standard InChI is InChI=1S/C20H22F3N3O2/c1-2-16-18(24-19(27)28-12-13-7-4-3-5-8-13)17(26-25-16)14-9-6-10-15(11-14)20(21,22)23/h3-11,16-18,25-26H,2,12H2,1H3,(H,24,27). The molecule has 3 N–H and O–H groups in total. The number of alkyl halides is 3. The minimum absolute atomic E-state index is 0.116. The van der Waals surface area contributed by atoms with E-state index in [0.717, 1.165) is 17.7 Å². The Bertz CT molecular complexity index is 799. The number of amides is 1. The van der Waals surface area contributed by atoms with Gasteiger partial charge in [-0.05, 0) is 29.7 Å². The van der Waals surface area contributed by atoms with Crippen LogP contribution in [0.1, 0.15) is 36.1 Å². The average Bonchev–Trinajstić information content (AvgIpc) is 3.09. The number of ether oxygens (including phenoxy) is 1. The molecule has 150 valence electrons. The lowest BCUT2D eigenvalue weighted by molar-refractivity contribution is -0.137. The van der Waals surface area contributed by atoms with Gasteiger partial charge in [-0.2, -0.15) is 13.2 Å². The number of carbonyl (C=O) groups excluding carboxylic acids is 1. The van der Waals surface area contributed by atoms with Crippen molar-refractivity contribution in [1.29, 1.82) is 0 Å². The molecule has 3 unspecified atom stereocenters. The molecular weight excluding hydrogens is 371 g/mol. The first kappa shape index (κ1) is 20.2. The van der Waals surface area contributed by atoms with Gasteiger partial charge in [-0.1, -0.05) is 49.4 Å². The SMILES string of the molecule is CCC1NNC(c2cccc(C(F)(F)F)c2)C1NC(=O)OCc1ccccc1. The third-order valence-electron chi connectivity index (χ3n) is 4.73. The summed E-state index contributed by atoms with van der Waals surface area (Å²) in [6, 6.07) is 13.2. The summed E-state index contributed by atoms with van der Waals surface area (Å²) in [4.78, 5) is 12.3. The van der Waals surface area contributed by atoms with Gasteiger partial charge >= 0.3 is 12.3 Å². The number of nitrogens with one attached hydrogen (secondary N) is 3. The van der Waals surface area contributed by atoms with Crippen LogP contribution >= 0.6 is 0 Å². The topological polar surface area (TPSA) is 62.4 Å². The molecule has 0 aromatic heterocycles. The highest BCUT2D eigenvalue weighted by Crippen LogP contribution is 2.32. The van der Waals surface area contributed by atoms with E-state index >= 15 is 0 Å². The molecule has 0 radical (unpaired) electrons. The van der Waals surface area contributed by atoms with Gasteiger partial charge < -0.3 is 10.1 Å². The minimum Gasteiger partial charge on any atom is -0.445 e. The fourth-order valence-corrected chi connectivity index (χ4v) is 3.25. The molecule has 28 heavy (non-hydrogen) atoms. The predicted octanol–water partition coefficient (Wildman–Crippen LogP) is 3.93. The maximum Gasteiger partial charge on any atom is 0.416 e. The summed E-state index contributed by atoms with van der Waals surface area (Å²) in [6.07, 6.45) is -4.37. The molecule has 1 aliphatic rings. The molecule has 0 bridgehead atoms. The highest BCUT2D eigenvalue weighted by atomic mass is 19.4. The number of hydrogen-bond acceptors (Lipinski definition) is 4. The van der Waals surface area contributed by atoms with Crippen LogP contribution in [0.15, 0.2) is 54.6 Å². The first-order chi connectivity index (χ1) is 13.4. The summed E-state index contributed by atoms with van der Waals surface area (Å²) in [7, 11) is 0. The van der Waals surface area contributed by atoms with E-state index in [4.69, 9.17) is 4.74 Å². The Kier molecular flexibility index (Phi) is 6.21. The second-order valence-corrected chi connectivity index (χ2v) is 6.64. The van der Waals surface area contributed by atoms with E-state index in [2.05, 4.69) is 16.2 Å². The van der Waals surface area contributed by atoms with Crippen LogP contribution in [0.2, 0.25) is 0 Å². The quantitative estimate of drug-likeness (QED) is 0.720. The van der Waals surface area contributed by atoms with Crippen molar-refractivity contribution < 1.29 is 22.7 Å². The first-order valence-electron chi connectivity index (χ1n) is 9.04. The first-order valence-corrected chi connectivity index (χ1v) is 9.04. The molecule has 0 spiro atoms. The minimum atomic E-state index is -4.43. The van der Waals surface area contributed by atoms with Crippen LogP contribution in [0.25, 0.3) is 0 Å². The zero-order valence-corrected chi connectivity index (χ0v) is 15.3. The lowest BCUT2D eigenvalue weighted by atomic mass is 9.94. The van der Waals surface area contributed by atoms with Gasteiger partial charge in [-0.15, -0.1) is 0 Å². The van der Waals surface area contributed by atoms with Crippen molar-refractivity contribution in [2.75, 3.05) is 0 Å². The summed E-state index contributed by atoms with van der Waals surface area (Å²) in [5.74, 6) is 0. The molecule has 0 aliphatic carbocycles. The van der Waals surface area contributed by atoms with Crippen molar-refractivity contribution in [2.45, 2.75) is 44.3 Å². The lowest BCUT2D eigenvalue weighted by Crippen LogP contribution is -2.45. The summed E-state index contributed by atoms with van der Waals surface area (Å²) in [5.41, 5.74) is 6.60.